The van der Waals surface area contributed by atoms with Gasteiger partial charge in [0.2, 0.25) is 5.91 Å². The van der Waals surface area contributed by atoms with Crippen LogP contribution in [0.1, 0.15) is 35.8 Å². The Bertz CT molecular complexity index is 807. The first-order chi connectivity index (χ1) is 11.0. The lowest BCUT2D eigenvalue weighted by Gasteiger charge is -2.31. The van der Waals surface area contributed by atoms with Crippen molar-refractivity contribution in [3.8, 4) is 0 Å². The fourth-order valence-corrected chi connectivity index (χ4v) is 2.94. The van der Waals surface area contributed by atoms with Gasteiger partial charge in [0.25, 0.3) is 5.56 Å². The number of piperidine rings is 1. The Kier molecular flexibility index (Phi) is 4.09. The third kappa shape index (κ3) is 3.22. The molecule has 0 radical (unpaired) electrons. The van der Waals surface area contributed by atoms with Crippen molar-refractivity contribution in [2.45, 2.75) is 32.1 Å². The molecule has 0 unspecified atom stereocenters. The molecule has 0 aromatic carbocycles. The van der Waals surface area contributed by atoms with Crippen LogP contribution in [0.4, 0.5) is 0 Å². The smallest absolute Gasteiger partial charge is 0.325 e. The van der Waals surface area contributed by atoms with E-state index in [0.29, 0.717) is 24.3 Å². The van der Waals surface area contributed by atoms with E-state index in [1.54, 1.807) is 11.8 Å². The number of aromatic nitrogens is 5. The summed E-state index contributed by atoms with van der Waals surface area (Å²) in [4.78, 5) is 46.1. The van der Waals surface area contributed by atoms with E-state index in [9.17, 15) is 14.4 Å². The second-order valence-corrected chi connectivity index (χ2v) is 5.74. The highest BCUT2D eigenvalue weighted by molar-refractivity contribution is 5.79. The number of hydrogen-bond acceptors (Lipinski definition) is 5. The fraction of sp³-hybridized carbons (Fsp3) is 0.500. The van der Waals surface area contributed by atoms with Gasteiger partial charge in [-0.1, -0.05) is 0 Å². The second-order valence-electron chi connectivity index (χ2n) is 5.74. The second kappa shape index (κ2) is 6.19. The van der Waals surface area contributed by atoms with Gasteiger partial charge < -0.3 is 9.88 Å². The highest BCUT2D eigenvalue weighted by atomic mass is 16.2. The zero-order chi connectivity index (χ0) is 16.4. The maximum Gasteiger partial charge on any atom is 0.325 e. The molecule has 9 heteroatoms. The van der Waals surface area contributed by atoms with E-state index in [1.165, 1.54) is 6.33 Å². The molecule has 23 heavy (non-hydrogen) atoms. The number of amides is 1. The van der Waals surface area contributed by atoms with Gasteiger partial charge in [0.05, 0.1) is 6.42 Å². The molecule has 2 aromatic rings. The summed E-state index contributed by atoms with van der Waals surface area (Å²) in [6.45, 7) is 2.82. The Balaban J connectivity index is 1.73. The summed E-state index contributed by atoms with van der Waals surface area (Å²) in [5.41, 5.74) is -0.345. The summed E-state index contributed by atoms with van der Waals surface area (Å²) in [5, 5.41) is 6.69. The minimum atomic E-state index is -0.563. The number of H-pyrrole nitrogens is 3. The first-order valence-electron chi connectivity index (χ1n) is 7.49. The molecule has 0 bridgehead atoms. The Hall–Kier alpha value is -2.71. The van der Waals surface area contributed by atoms with E-state index in [4.69, 9.17) is 0 Å². The topological polar surface area (TPSA) is 128 Å². The summed E-state index contributed by atoms with van der Waals surface area (Å²) >= 11 is 0. The molecule has 3 rings (SSSR count). The molecule has 1 aliphatic rings. The molecular formula is C14H18N6O3. The van der Waals surface area contributed by atoms with Crippen molar-refractivity contribution in [2.75, 3.05) is 13.1 Å². The van der Waals surface area contributed by atoms with Crippen LogP contribution < -0.4 is 11.2 Å². The van der Waals surface area contributed by atoms with Gasteiger partial charge in [-0.3, -0.25) is 19.7 Å². The first kappa shape index (κ1) is 15.2. The van der Waals surface area contributed by atoms with Crippen LogP contribution in [-0.2, 0) is 11.2 Å². The lowest BCUT2D eigenvalue weighted by Crippen LogP contribution is -2.41. The highest BCUT2D eigenvalue weighted by Gasteiger charge is 2.27. The van der Waals surface area contributed by atoms with Crippen molar-refractivity contribution in [1.29, 1.82) is 0 Å². The summed E-state index contributed by atoms with van der Waals surface area (Å²) in [6, 6.07) is 0. The molecule has 9 nitrogen and oxygen atoms in total. The van der Waals surface area contributed by atoms with Gasteiger partial charge in [0, 0.05) is 30.3 Å². The van der Waals surface area contributed by atoms with Crippen LogP contribution in [0.25, 0.3) is 0 Å². The highest BCUT2D eigenvalue weighted by Crippen LogP contribution is 2.24. The number of likely N-dealkylation sites (tertiary alicyclic amines) is 1. The molecule has 1 atom stereocenters. The van der Waals surface area contributed by atoms with E-state index in [1.807, 2.05) is 0 Å². The lowest BCUT2D eigenvalue weighted by molar-refractivity contribution is -0.131. The third-order valence-corrected chi connectivity index (χ3v) is 4.18. The Morgan fingerprint density at radius 1 is 1.39 bits per heavy atom. The Morgan fingerprint density at radius 2 is 2.22 bits per heavy atom. The van der Waals surface area contributed by atoms with Crippen molar-refractivity contribution in [3.63, 3.8) is 0 Å². The monoisotopic (exact) mass is 318 g/mol. The first-order valence-corrected chi connectivity index (χ1v) is 7.49. The molecule has 0 spiro atoms. The van der Waals surface area contributed by atoms with Gasteiger partial charge in [0.1, 0.15) is 12.2 Å². The molecule has 1 saturated heterocycles. The number of carbonyl (C=O) groups excluding carboxylic acids is 1. The van der Waals surface area contributed by atoms with Crippen molar-refractivity contribution in [3.05, 3.63) is 44.2 Å². The SMILES string of the molecule is Cc1[nH]c(=O)[nH]c(=O)c1CC(=O)N1CCC[C@@H](c2ncn[nH]2)C1. The zero-order valence-corrected chi connectivity index (χ0v) is 12.8. The standard InChI is InChI=1S/C14H18N6O3/c1-8-10(13(22)18-14(23)17-8)5-11(21)20-4-2-3-9(6-20)12-15-7-16-19-12/h7,9H,2-6H2,1H3,(H,15,16,19)(H2,17,18,22,23)/t9-/m1/s1. The number of rotatable bonds is 3. The minimum absolute atomic E-state index is 0.0267. The van der Waals surface area contributed by atoms with Crippen molar-refractivity contribution in [2.24, 2.45) is 0 Å². The van der Waals surface area contributed by atoms with E-state index in [0.717, 1.165) is 18.7 Å². The molecule has 0 saturated carbocycles. The lowest BCUT2D eigenvalue weighted by atomic mass is 9.97. The van der Waals surface area contributed by atoms with E-state index in [-0.39, 0.29) is 18.2 Å². The predicted octanol–water partition coefficient (Wildman–Crippen LogP) is -0.562. The van der Waals surface area contributed by atoms with Gasteiger partial charge in [-0.25, -0.2) is 9.78 Å². The van der Waals surface area contributed by atoms with Gasteiger partial charge in [0.15, 0.2) is 0 Å². The van der Waals surface area contributed by atoms with Gasteiger partial charge in [-0.05, 0) is 19.8 Å². The molecule has 1 aliphatic heterocycles. The van der Waals surface area contributed by atoms with Crippen LogP contribution >= 0.6 is 0 Å². The maximum absolute atomic E-state index is 12.5. The van der Waals surface area contributed by atoms with Gasteiger partial charge >= 0.3 is 5.69 Å². The number of hydrogen-bond donors (Lipinski definition) is 3. The molecule has 3 heterocycles. The maximum atomic E-state index is 12.5. The van der Waals surface area contributed by atoms with E-state index < -0.39 is 11.2 Å². The fourth-order valence-electron chi connectivity index (χ4n) is 2.94. The Morgan fingerprint density at radius 3 is 2.91 bits per heavy atom. The largest absolute Gasteiger partial charge is 0.342 e. The molecule has 1 amide bonds. The van der Waals surface area contributed by atoms with Crippen LogP contribution in [0.5, 0.6) is 0 Å². The average Bonchev–Trinajstić information content (AvgIpc) is 3.05. The average molecular weight is 318 g/mol. The van der Waals surface area contributed by atoms with Gasteiger partial charge in [-0.2, -0.15) is 5.10 Å². The molecule has 2 aromatic heterocycles. The quantitative estimate of drug-likeness (QED) is 0.699. The van der Waals surface area contributed by atoms with E-state index in [2.05, 4.69) is 25.1 Å². The molecule has 0 aliphatic carbocycles. The van der Waals surface area contributed by atoms with Crippen molar-refractivity contribution < 1.29 is 4.79 Å². The van der Waals surface area contributed by atoms with Crippen molar-refractivity contribution >= 4 is 5.91 Å². The minimum Gasteiger partial charge on any atom is -0.342 e. The number of aromatic amines is 3. The summed E-state index contributed by atoms with van der Waals surface area (Å²) in [5.74, 6) is 0.778. The Labute approximate surface area is 131 Å². The molecular weight excluding hydrogens is 300 g/mol. The normalized spacial score (nSPS) is 18.1. The van der Waals surface area contributed by atoms with Crippen LogP contribution in [-0.4, -0.2) is 49.0 Å². The van der Waals surface area contributed by atoms with Crippen LogP contribution in [0.3, 0.4) is 0 Å². The molecule has 122 valence electrons. The van der Waals surface area contributed by atoms with Crippen LogP contribution in [0.15, 0.2) is 15.9 Å². The van der Waals surface area contributed by atoms with Crippen molar-refractivity contribution in [1.82, 2.24) is 30.0 Å². The van der Waals surface area contributed by atoms with E-state index >= 15 is 0 Å². The summed E-state index contributed by atoms with van der Waals surface area (Å²) in [6.07, 6.45) is 3.25. The molecule has 3 N–H and O–H groups in total. The molecule has 1 fully saturated rings. The zero-order valence-electron chi connectivity index (χ0n) is 12.8. The number of aryl methyl sites for hydroxylation is 1. The number of carbonyl (C=O) groups is 1. The van der Waals surface area contributed by atoms with Gasteiger partial charge in [-0.15, -0.1) is 0 Å². The van der Waals surface area contributed by atoms with Crippen LogP contribution in [0, 0.1) is 6.92 Å². The summed E-state index contributed by atoms with van der Waals surface area (Å²) < 4.78 is 0. The van der Waals surface area contributed by atoms with Crippen LogP contribution in [0.2, 0.25) is 0 Å². The predicted molar refractivity (Wildman–Crippen MR) is 81.1 cm³/mol. The number of nitrogens with zero attached hydrogens (tertiary/aromatic N) is 3. The summed E-state index contributed by atoms with van der Waals surface area (Å²) in [7, 11) is 0. The third-order valence-electron chi connectivity index (χ3n) is 4.18. The number of nitrogens with one attached hydrogen (secondary N) is 3.